The van der Waals surface area contributed by atoms with Gasteiger partial charge in [-0.25, -0.2) is 12.8 Å². The monoisotopic (exact) mass is 421 g/mol. The lowest BCUT2D eigenvalue weighted by atomic mass is 9.99. The number of anilines is 1. The van der Waals surface area contributed by atoms with E-state index in [0.717, 1.165) is 17.2 Å². The van der Waals surface area contributed by atoms with Gasteiger partial charge in [0.15, 0.2) is 0 Å². The summed E-state index contributed by atoms with van der Waals surface area (Å²) >= 11 is 0. The molecule has 4 rings (SSSR count). The number of rotatable bonds is 4. The molecule has 2 aliphatic rings. The predicted octanol–water partition coefficient (Wildman–Crippen LogP) is 2.32. The number of nitrogens with zero attached hydrogens (tertiary/aromatic N) is 3. The van der Waals surface area contributed by atoms with Gasteiger partial charge in [-0.2, -0.15) is 4.31 Å². The predicted molar refractivity (Wildman–Crippen MR) is 104 cm³/mol. The second-order valence-corrected chi connectivity index (χ2v) is 8.95. The van der Waals surface area contributed by atoms with Crippen molar-refractivity contribution in [2.45, 2.75) is 17.9 Å². The zero-order valence-electron chi connectivity index (χ0n) is 15.6. The number of sulfonamides is 1. The van der Waals surface area contributed by atoms with Crippen molar-refractivity contribution in [2.24, 2.45) is 0 Å². The molecule has 0 aromatic heterocycles. The summed E-state index contributed by atoms with van der Waals surface area (Å²) in [5, 5.41) is 11.7. The van der Waals surface area contributed by atoms with E-state index in [1.165, 1.54) is 28.6 Å². The van der Waals surface area contributed by atoms with Gasteiger partial charge >= 0.3 is 0 Å². The smallest absolute Gasteiger partial charge is 0.293 e. The molecule has 1 fully saturated rings. The van der Waals surface area contributed by atoms with Crippen LogP contribution >= 0.6 is 0 Å². The molecule has 0 aliphatic carbocycles. The first-order valence-electron chi connectivity index (χ1n) is 9.25. The Morgan fingerprint density at radius 1 is 1.03 bits per heavy atom. The summed E-state index contributed by atoms with van der Waals surface area (Å²) < 4.78 is 45.6. The highest BCUT2D eigenvalue weighted by molar-refractivity contribution is 7.89. The molecule has 2 aliphatic heterocycles. The maximum absolute atomic E-state index is 13.4. The van der Waals surface area contributed by atoms with Crippen LogP contribution in [0.2, 0.25) is 0 Å². The fourth-order valence-corrected chi connectivity index (χ4v) is 5.17. The molecule has 0 bridgehead atoms. The molecule has 0 amide bonds. The molecule has 154 valence electrons. The molecule has 0 saturated carbocycles. The zero-order chi connectivity index (χ0) is 20.6. The number of fused-ring (bicyclic) bond motifs is 1. The van der Waals surface area contributed by atoms with Crippen LogP contribution in [-0.4, -0.2) is 50.5 Å². The van der Waals surface area contributed by atoms with E-state index < -0.39 is 14.9 Å². The molecule has 0 atom stereocenters. The van der Waals surface area contributed by atoms with Crippen molar-refractivity contribution in [1.29, 1.82) is 0 Å². The molecule has 29 heavy (non-hydrogen) atoms. The number of benzene rings is 2. The maximum Gasteiger partial charge on any atom is 0.293 e. The van der Waals surface area contributed by atoms with Gasteiger partial charge in [-0.1, -0.05) is 6.07 Å². The second-order valence-electron chi connectivity index (χ2n) is 7.01. The van der Waals surface area contributed by atoms with Crippen molar-refractivity contribution >= 4 is 21.4 Å². The molecule has 2 aromatic rings. The van der Waals surface area contributed by atoms with Crippen LogP contribution in [0.15, 0.2) is 41.3 Å². The Balaban J connectivity index is 1.67. The minimum absolute atomic E-state index is 0.102. The molecule has 2 heterocycles. The molecule has 0 radical (unpaired) electrons. The number of nitro groups is 1. The van der Waals surface area contributed by atoms with Gasteiger partial charge < -0.3 is 9.64 Å². The normalized spacial score (nSPS) is 17.8. The van der Waals surface area contributed by atoms with Gasteiger partial charge in [-0.15, -0.1) is 0 Å². The van der Waals surface area contributed by atoms with Crippen molar-refractivity contribution in [2.75, 3.05) is 37.7 Å². The van der Waals surface area contributed by atoms with E-state index in [0.29, 0.717) is 38.4 Å². The van der Waals surface area contributed by atoms with Gasteiger partial charge in [0.25, 0.3) is 5.69 Å². The zero-order valence-corrected chi connectivity index (χ0v) is 16.4. The van der Waals surface area contributed by atoms with Crippen LogP contribution in [0.4, 0.5) is 15.8 Å². The van der Waals surface area contributed by atoms with Crippen LogP contribution in [-0.2, 0) is 27.7 Å². The lowest BCUT2D eigenvalue weighted by Crippen LogP contribution is -2.40. The summed E-state index contributed by atoms with van der Waals surface area (Å²) in [5.41, 5.74) is 1.88. The van der Waals surface area contributed by atoms with Gasteiger partial charge in [-0.05, 0) is 41.8 Å². The van der Waals surface area contributed by atoms with Crippen LogP contribution in [0.25, 0.3) is 0 Å². The fourth-order valence-electron chi connectivity index (χ4n) is 3.74. The first-order chi connectivity index (χ1) is 13.9. The Labute approximate surface area is 167 Å². The summed E-state index contributed by atoms with van der Waals surface area (Å²) in [5.74, 6) is -0.305. The van der Waals surface area contributed by atoms with Crippen molar-refractivity contribution in [3.63, 3.8) is 0 Å². The van der Waals surface area contributed by atoms with Crippen LogP contribution in [0.5, 0.6) is 0 Å². The third-order valence-electron chi connectivity index (χ3n) is 5.27. The van der Waals surface area contributed by atoms with Crippen molar-refractivity contribution in [3.05, 3.63) is 63.5 Å². The third-order valence-corrected chi connectivity index (χ3v) is 7.17. The van der Waals surface area contributed by atoms with Gasteiger partial charge in [0.05, 0.1) is 23.0 Å². The van der Waals surface area contributed by atoms with Gasteiger partial charge in [0.2, 0.25) is 10.0 Å². The molecule has 0 unspecified atom stereocenters. The molecule has 8 nitrogen and oxygen atoms in total. The topological polar surface area (TPSA) is 93.0 Å². The van der Waals surface area contributed by atoms with Crippen LogP contribution < -0.4 is 4.90 Å². The SMILES string of the molecule is O=[N+]([O-])c1cc(S(=O)(=O)N2CCOCC2)ccc1N1CCc2cc(F)ccc2C1. The first-order valence-corrected chi connectivity index (χ1v) is 10.7. The van der Waals surface area contributed by atoms with E-state index in [9.17, 15) is 22.9 Å². The Kier molecular flexibility index (Phi) is 5.24. The number of ether oxygens (including phenoxy) is 1. The largest absolute Gasteiger partial charge is 0.379 e. The summed E-state index contributed by atoms with van der Waals surface area (Å²) in [6.07, 6.45) is 0.554. The minimum atomic E-state index is -3.83. The minimum Gasteiger partial charge on any atom is -0.379 e. The molecule has 0 spiro atoms. The van der Waals surface area contributed by atoms with E-state index in [2.05, 4.69) is 0 Å². The van der Waals surface area contributed by atoms with E-state index in [4.69, 9.17) is 4.74 Å². The van der Waals surface area contributed by atoms with E-state index in [1.54, 1.807) is 6.07 Å². The Hall–Kier alpha value is -2.56. The lowest BCUT2D eigenvalue weighted by molar-refractivity contribution is -0.384. The molecular formula is C19H20FN3O5S. The Morgan fingerprint density at radius 2 is 1.79 bits per heavy atom. The highest BCUT2D eigenvalue weighted by Crippen LogP contribution is 2.35. The fraction of sp³-hybridized carbons (Fsp3) is 0.368. The quantitative estimate of drug-likeness (QED) is 0.556. The maximum atomic E-state index is 13.4. The third kappa shape index (κ3) is 3.83. The molecule has 10 heteroatoms. The molecule has 2 aromatic carbocycles. The summed E-state index contributed by atoms with van der Waals surface area (Å²) in [6, 6.07) is 8.56. The second kappa shape index (κ2) is 7.69. The molecule has 1 saturated heterocycles. The van der Waals surface area contributed by atoms with Crippen LogP contribution in [0, 0.1) is 15.9 Å². The Bertz CT molecular complexity index is 1050. The van der Waals surface area contributed by atoms with Gasteiger partial charge in [0, 0.05) is 32.2 Å². The van der Waals surface area contributed by atoms with Crippen molar-refractivity contribution < 1.29 is 22.5 Å². The molecular weight excluding hydrogens is 401 g/mol. The number of halogens is 1. The van der Waals surface area contributed by atoms with E-state index in [-0.39, 0.29) is 29.5 Å². The molecule has 0 N–H and O–H groups in total. The number of hydrogen-bond acceptors (Lipinski definition) is 6. The highest BCUT2D eigenvalue weighted by atomic mass is 32.2. The van der Waals surface area contributed by atoms with E-state index in [1.807, 2.05) is 4.90 Å². The standard InChI is InChI=1S/C19H20FN3O5S/c20-16-2-1-15-13-21(6-5-14(15)11-16)18-4-3-17(12-19(18)23(24)25)29(26,27)22-7-9-28-10-8-22/h1-4,11-12H,5-10,13H2. The number of hydrogen-bond donors (Lipinski definition) is 0. The highest BCUT2D eigenvalue weighted by Gasteiger charge is 2.30. The van der Waals surface area contributed by atoms with Gasteiger partial charge in [-0.3, -0.25) is 10.1 Å². The van der Waals surface area contributed by atoms with Crippen LogP contribution in [0.1, 0.15) is 11.1 Å². The van der Waals surface area contributed by atoms with Crippen molar-refractivity contribution in [1.82, 2.24) is 4.31 Å². The first kappa shape index (κ1) is 19.7. The summed E-state index contributed by atoms with van der Waals surface area (Å²) in [7, 11) is -3.83. The average Bonchev–Trinajstić information content (AvgIpc) is 2.73. The van der Waals surface area contributed by atoms with Crippen LogP contribution in [0.3, 0.4) is 0 Å². The lowest BCUT2D eigenvalue weighted by Gasteiger charge is -2.31. The summed E-state index contributed by atoms with van der Waals surface area (Å²) in [6.45, 7) is 1.91. The Morgan fingerprint density at radius 3 is 2.52 bits per heavy atom. The average molecular weight is 421 g/mol. The number of morpholine rings is 1. The van der Waals surface area contributed by atoms with E-state index >= 15 is 0 Å². The van der Waals surface area contributed by atoms with Gasteiger partial charge in [0.1, 0.15) is 11.5 Å². The van der Waals surface area contributed by atoms with Crippen molar-refractivity contribution in [3.8, 4) is 0 Å². The summed E-state index contributed by atoms with van der Waals surface area (Å²) in [4.78, 5) is 12.9. The number of nitro benzene ring substituents is 1.